The molecule has 2 N–H and O–H groups in total. The molecule has 2 radical (unpaired) electrons. The molecule has 3 nitrogen and oxygen atoms in total. The predicted octanol–water partition coefficient (Wildman–Crippen LogP) is 2.25. The van der Waals surface area contributed by atoms with Gasteiger partial charge in [0.1, 0.15) is 0 Å². The Kier molecular flexibility index (Phi) is 3.21. The first-order valence-electron chi connectivity index (χ1n) is 4.30. The molecule has 0 aromatic carbocycles. The average Bonchev–Trinajstić information content (AvgIpc) is 2.51. The molecule has 0 atom stereocenters. The second-order valence-corrected chi connectivity index (χ2v) is 4.96. The van der Waals surface area contributed by atoms with Gasteiger partial charge in [-0.2, -0.15) is 0 Å². The number of hydrogen-bond donors (Lipinski definition) is 2. The topological polar surface area (TPSA) is 41.1 Å². The molecule has 1 rings (SSSR count). The van der Waals surface area contributed by atoms with Crippen LogP contribution in [-0.4, -0.2) is 14.0 Å². The van der Waals surface area contributed by atoms with Crippen molar-refractivity contribution in [3.05, 3.63) is 17.0 Å². The van der Waals surface area contributed by atoms with Crippen molar-refractivity contribution in [1.82, 2.24) is 5.23 Å². The zero-order valence-electron chi connectivity index (χ0n) is 8.55. The standard InChI is InChI=1S/C9H13BN2OS/c1-9(2,3)6-4-7(14-5-6)11-8(13)12-10/h4-5H,1-3H3,(H2,11,12,13). The molecule has 0 aliphatic heterocycles. The van der Waals surface area contributed by atoms with Crippen LogP contribution < -0.4 is 10.5 Å². The van der Waals surface area contributed by atoms with Gasteiger partial charge in [-0.15, -0.1) is 11.3 Å². The molecular weight excluding hydrogens is 195 g/mol. The summed E-state index contributed by atoms with van der Waals surface area (Å²) >= 11 is 1.49. The number of thiophene rings is 1. The Balaban J connectivity index is 2.74. The predicted molar refractivity (Wildman–Crippen MR) is 60.9 cm³/mol. The highest BCUT2D eigenvalue weighted by atomic mass is 32.1. The molecule has 0 spiro atoms. The minimum Gasteiger partial charge on any atom is -0.391 e. The zero-order chi connectivity index (χ0) is 10.8. The molecule has 1 heterocycles. The van der Waals surface area contributed by atoms with Gasteiger partial charge in [-0.3, -0.25) is 0 Å². The van der Waals surface area contributed by atoms with Gasteiger partial charge in [0, 0.05) is 0 Å². The van der Waals surface area contributed by atoms with Gasteiger partial charge < -0.3 is 10.5 Å². The Hall–Kier alpha value is -0.965. The van der Waals surface area contributed by atoms with Crippen LogP contribution in [0.5, 0.6) is 0 Å². The fraction of sp³-hybridized carbons (Fsp3) is 0.444. The van der Waals surface area contributed by atoms with Gasteiger partial charge in [0.15, 0.2) is 0 Å². The van der Waals surface area contributed by atoms with Gasteiger partial charge in [-0.05, 0) is 22.4 Å². The van der Waals surface area contributed by atoms with E-state index in [1.807, 2.05) is 16.7 Å². The molecule has 1 aromatic heterocycles. The fourth-order valence-electron chi connectivity index (χ4n) is 0.943. The minimum atomic E-state index is -0.396. The van der Waals surface area contributed by atoms with Crippen LogP contribution in [0.3, 0.4) is 0 Å². The Morgan fingerprint density at radius 1 is 1.50 bits per heavy atom. The SMILES string of the molecule is [B]NC(=O)Nc1cc(C(C)(C)C)cs1. The third-order valence-electron chi connectivity index (χ3n) is 1.83. The highest BCUT2D eigenvalue weighted by Gasteiger charge is 2.15. The Morgan fingerprint density at radius 3 is 2.57 bits per heavy atom. The molecule has 0 aliphatic rings. The molecule has 2 amide bonds. The quantitative estimate of drug-likeness (QED) is 0.682. The van der Waals surface area contributed by atoms with Crippen LogP contribution in [0, 0.1) is 0 Å². The van der Waals surface area contributed by atoms with E-state index in [0.717, 1.165) is 5.00 Å². The van der Waals surface area contributed by atoms with E-state index >= 15 is 0 Å². The lowest BCUT2D eigenvalue weighted by Gasteiger charge is -2.15. The molecule has 14 heavy (non-hydrogen) atoms. The van der Waals surface area contributed by atoms with Gasteiger partial charge in [-0.25, -0.2) is 4.79 Å². The summed E-state index contributed by atoms with van der Waals surface area (Å²) in [7, 11) is 4.96. The second-order valence-electron chi connectivity index (χ2n) is 4.05. The third kappa shape index (κ3) is 2.77. The maximum absolute atomic E-state index is 10.9. The lowest BCUT2D eigenvalue weighted by atomic mass is 9.89. The zero-order valence-corrected chi connectivity index (χ0v) is 9.37. The lowest BCUT2D eigenvalue weighted by Crippen LogP contribution is -2.25. The number of carbonyl (C=O) groups excluding carboxylic acids is 1. The van der Waals surface area contributed by atoms with Gasteiger partial charge in [0.05, 0.1) is 5.00 Å². The van der Waals surface area contributed by atoms with E-state index in [0.29, 0.717) is 0 Å². The molecule has 74 valence electrons. The Bertz CT molecular complexity index is 330. The summed E-state index contributed by atoms with van der Waals surface area (Å²) in [5, 5.41) is 7.48. The second kappa shape index (κ2) is 4.04. The van der Waals surface area contributed by atoms with E-state index < -0.39 is 6.03 Å². The largest absolute Gasteiger partial charge is 0.391 e. The molecule has 0 fully saturated rings. The minimum absolute atomic E-state index is 0.107. The fourth-order valence-corrected chi connectivity index (χ4v) is 1.97. The molecule has 0 unspecified atom stereocenters. The Labute approximate surface area is 89.3 Å². The van der Waals surface area contributed by atoms with E-state index in [2.05, 4.69) is 26.1 Å². The number of hydrogen-bond acceptors (Lipinski definition) is 2. The summed E-state index contributed by atoms with van der Waals surface area (Å²) in [5.74, 6) is 0. The van der Waals surface area contributed by atoms with Crippen LogP contribution in [0.25, 0.3) is 0 Å². The van der Waals surface area contributed by atoms with E-state index in [1.165, 1.54) is 16.9 Å². The summed E-state index contributed by atoms with van der Waals surface area (Å²) in [4.78, 5) is 10.9. The molecule has 0 aliphatic carbocycles. The van der Waals surface area contributed by atoms with Gasteiger partial charge in [-0.1, -0.05) is 20.8 Å². The summed E-state index contributed by atoms with van der Waals surface area (Å²) in [5.41, 5.74) is 1.31. The van der Waals surface area contributed by atoms with E-state index in [-0.39, 0.29) is 5.41 Å². The maximum Gasteiger partial charge on any atom is 0.306 e. The summed E-state index contributed by atoms with van der Waals surface area (Å²) in [6.45, 7) is 6.38. The monoisotopic (exact) mass is 208 g/mol. The first kappa shape index (κ1) is 11.1. The van der Waals surface area contributed by atoms with Gasteiger partial charge in [0.2, 0.25) is 7.98 Å². The number of amides is 2. The number of urea groups is 1. The Morgan fingerprint density at radius 2 is 2.14 bits per heavy atom. The maximum atomic E-state index is 10.9. The first-order chi connectivity index (χ1) is 6.43. The van der Waals surface area contributed by atoms with Crippen molar-refractivity contribution in [3.63, 3.8) is 0 Å². The lowest BCUT2D eigenvalue weighted by molar-refractivity contribution is 0.257. The van der Waals surface area contributed by atoms with Crippen LogP contribution in [0.15, 0.2) is 11.4 Å². The molecule has 0 bridgehead atoms. The molecule has 0 saturated carbocycles. The first-order valence-corrected chi connectivity index (χ1v) is 5.18. The van der Waals surface area contributed by atoms with E-state index in [9.17, 15) is 4.79 Å². The summed E-state index contributed by atoms with van der Waals surface area (Å²) in [6.07, 6.45) is 0. The van der Waals surface area contributed by atoms with Crippen molar-refractivity contribution in [1.29, 1.82) is 0 Å². The summed E-state index contributed by atoms with van der Waals surface area (Å²) < 4.78 is 0. The van der Waals surface area contributed by atoms with E-state index in [4.69, 9.17) is 7.98 Å². The van der Waals surface area contributed by atoms with Crippen LogP contribution >= 0.6 is 11.3 Å². The number of carbonyl (C=O) groups is 1. The summed E-state index contributed by atoms with van der Waals surface area (Å²) in [6, 6.07) is 1.56. The number of anilines is 1. The van der Waals surface area contributed by atoms with Crippen molar-refractivity contribution in [2.24, 2.45) is 0 Å². The van der Waals surface area contributed by atoms with E-state index in [1.54, 1.807) is 0 Å². The normalized spacial score (nSPS) is 11.1. The van der Waals surface area contributed by atoms with Crippen molar-refractivity contribution in [3.8, 4) is 0 Å². The van der Waals surface area contributed by atoms with Gasteiger partial charge >= 0.3 is 6.03 Å². The van der Waals surface area contributed by atoms with Crippen molar-refractivity contribution in [2.75, 3.05) is 5.32 Å². The van der Waals surface area contributed by atoms with Crippen molar-refractivity contribution < 1.29 is 4.79 Å². The van der Waals surface area contributed by atoms with Crippen LogP contribution in [0.4, 0.5) is 9.80 Å². The molecular formula is C9H13BN2OS. The average molecular weight is 208 g/mol. The smallest absolute Gasteiger partial charge is 0.306 e. The van der Waals surface area contributed by atoms with Crippen LogP contribution in [0.1, 0.15) is 26.3 Å². The van der Waals surface area contributed by atoms with Crippen LogP contribution in [-0.2, 0) is 5.41 Å². The van der Waals surface area contributed by atoms with Crippen molar-refractivity contribution >= 4 is 30.4 Å². The molecule has 5 heteroatoms. The van der Waals surface area contributed by atoms with Gasteiger partial charge in [0.25, 0.3) is 0 Å². The molecule has 1 aromatic rings. The third-order valence-corrected chi connectivity index (χ3v) is 2.68. The number of nitrogens with one attached hydrogen (secondary N) is 2. The highest BCUT2D eigenvalue weighted by Crippen LogP contribution is 2.29. The highest BCUT2D eigenvalue weighted by molar-refractivity contribution is 7.14. The molecule has 0 saturated heterocycles. The van der Waals surface area contributed by atoms with Crippen LogP contribution in [0.2, 0.25) is 0 Å². The number of rotatable bonds is 1. The van der Waals surface area contributed by atoms with Crippen molar-refractivity contribution in [2.45, 2.75) is 26.2 Å².